The van der Waals surface area contributed by atoms with Gasteiger partial charge < -0.3 is 10.0 Å². The van der Waals surface area contributed by atoms with Crippen LogP contribution in [0, 0.1) is 17.2 Å². The number of aliphatic hydroxyl groups is 1. The molecule has 5 nitrogen and oxygen atoms in total. The van der Waals surface area contributed by atoms with Crippen molar-refractivity contribution >= 4 is 5.82 Å². The summed E-state index contributed by atoms with van der Waals surface area (Å²) in [6, 6.07) is 2.32. The zero-order valence-corrected chi connectivity index (χ0v) is 12.3. The molecule has 5 heteroatoms. The molecular formula is C15H22N4O. The summed E-state index contributed by atoms with van der Waals surface area (Å²) in [7, 11) is 0. The first-order valence-corrected chi connectivity index (χ1v) is 7.39. The normalized spacial score (nSPS) is 16.2. The molecule has 2 heterocycles. The zero-order valence-electron chi connectivity index (χ0n) is 12.3. The minimum Gasteiger partial charge on any atom is -0.396 e. The fourth-order valence-corrected chi connectivity index (χ4v) is 2.83. The number of piperidine rings is 1. The van der Waals surface area contributed by atoms with Crippen LogP contribution in [-0.4, -0.2) is 35.0 Å². The number of anilines is 1. The van der Waals surface area contributed by atoms with Crippen molar-refractivity contribution in [1.82, 2.24) is 10.2 Å². The topological polar surface area (TPSA) is 73.0 Å². The van der Waals surface area contributed by atoms with Crippen LogP contribution in [0.25, 0.3) is 0 Å². The summed E-state index contributed by atoms with van der Waals surface area (Å²) in [5.41, 5.74) is 2.64. The number of nitriles is 1. The number of nitrogens with zero attached hydrogens (tertiary/aromatic N) is 4. The van der Waals surface area contributed by atoms with E-state index in [1.54, 1.807) is 0 Å². The fourth-order valence-electron chi connectivity index (χ4n) is 2.83. The van der Waals surface area contributed by atoms with Crippen molar-refractivity contribution in [2.45, 2.75) is 39.5 Å². The molecule has 0 saturated carbocycles. The van der Waals surface area contributed by atoms with E-state index in [1.165, 1.54) is 0 Å². The Morgan fingerprint density at radius 1 is 1.25 bits per heavy atom. The van der Waals surface area contributed by atoms with Gasteiger partial charge in [0, 0.05) is 19.7 Å². The van der Waals surface area contributed by atoms with Gasteiger partial charge in [0.05, 0.1) is 5.69 Å². The average Bonchev–Trinajstić information content (AvgIpc) is 2.53. The number of hydrogen-bond donors (Lipinski definition) is 1. The van der Waals surface area contributed by atoms with Crippen molar-refractivity contribution in [3.63, 3.8) is 0 Å². The Balaban J connectivity index is 2.31. The summed E-state index contributed by atoms with van der Waals surface area (Å²) >= 11 is 0. The lowest BCUT2D eigenvalue weighted by Gasteiger charge is -2.32. The van der Waals surface area contributed by atoms with Gasteiger partial charge in [-0.2, -0.15) is 10.4 Å². The smallest absolute Gasteiger partial charge is 0.169 e. The number of aryl methyl sites for hydroxylation is 1. The van der Waals surface area contributed by atoms with Gasteiger partial charge in [-0.15, -0.1) is 5.10 Å². The summed E-state index contributed by atoms with van der Waals surface area (Å²) in [6.07, 6.45) is 3.50. The van der Waals surface area contributed by atoms with Crippen LogP contribution >= 0.6 is 0 Å². The standard InChI is InChI=1S/C15H22N4O/c1-3-12-13(9-16)15(18-17-14(12)4-2)19-7-5-11(10-20)6-8-19/h11,20H,3-8,10H2,1-2H3. The molecule has 1 aliphatic rings. The van der Waals surface area contributed by atoms with Crippen LogP contribution in [0.15, 0.2) is 0 Å². The highest BCUT2D eigenvalue weighted by Gasteiger charge is 2.24. The number of aromatic nitrogens is 2. The fraction of sp³-hybridized carbons (Fsp3) is 0.667. The molecule has 1 aliphatic heterocycles. The van der Waals surface area contributed by atoms with Gasteiger partial charge in [-0.3, -0.25) is 0 Å². The van der Waals surface area contributed by atoms with Gasteiger partial charge in [-0.25, -0.2) is 0 Å². The lowest BCUT2D eigenvalue weighted by atomic mass is 9.97. The second kappa shape index (κ2) is 6.67. The van der Waals surface area contributed by atoms with Crippen LogP contribution in [0.2, 0.25) is 0 Å². The molecule has 1 aromatic rings. The van der Waals surface area contributed by atoms with E-state index in [4.69, 9.17) is 0 Å². The van der Waals surface area contributed by atoms with Gasteiger partial charge in [-0.1, -0.05) is 13.8 Å². The molecule has 1 N–H and O–H groups in total. The lowest BCUT2D eigenvalue weighted by Crippen LogP contribution is -2.36. The minimum absolute atomic E-state index is 0.250. The minimum atomic E-state index is 0.250. The largest absolute Gasteiger partial charge is 0.396 e. The van der Waals surface area contributed by atoms with Crippen molar-refractivity contribution < 1.29 is 5.11 Å². The Labute approximate surface area is 120 Å². The van der Waals surface area contributed by atoms with Crippen LogP contribution in [0.5, 0.6) is 0 Å². The highest BCUT2D eigenvalue weighted by Crippen LogP contribution is 2.27. The van der Waals surface area contributed by atoms with Crippen molar-refractivity contribution in [2.75, 3.05) is 24.6 Å². The first kappa shape index (κ1) is 14.7. The zero-order chi connectivity index (χ0) is 14.5. The monoisotopic (exact) mass is 274 g/mol. The van der Waals surface area contributed by atoms with Crippen molar-refractivity contribution in [2.24, 2.45) is 5.92 Å². The van der Waals surface area contributed by atoms with E-state index in [9.17, 15) is 10.4 Å². The van der Waals surface area contributed by atoms with Crippen LogP contribution in [-0.2, 0) is 12.8 Å². The number of hydrogen-bond acceptors (Lipinski definition) is 5. The molecule has 1 fully saturated rings. The van der Waals surface area contributed by atoms with E-state index < -0.39 is 0 Å². The van der Waals surface area contributed by atoms with Gasteiger partial charge in [-0.05, 0) is 37.2 Å². The molecule has 0 unspecified atom stereocenters. The molecule has 0 radical (unpaired) electrons. The van der Waals surface area contributed by atoms with E-state index >= 15 is 0 Å². The van der Waals surface area contributed by atoms with Crippen LogP contribution in [0.1, 0.15) is 43.5 Å². The average molecular weight is 274 g/mol. The van der Waals surface area contributed by atoms with E-state index in [0.29, 0.717) is 11.5 Å². The Bertz CT molecular complexity index is 501. The lowest BCUT2D eigenvalue weighted by molar-refractivity contribution is 0.202. The second-order valence-electron chi connectivity index (χ2n) is 5.26. The molecule has 1 aromatic heterocycles. The summed E-state index contributed by atoms with van der Waals surface area (Å²) in [5.74, 6) is 1.10. The Morgan fingerprint density at radius 2 is 1.95 bits per heavy atom. The van der Waals surface area contributed by atoms with Crippen molar-refractivity contribution in [3.05, 3.63) is 16.8 Å². The van der Waals surface area contributed by atoms with E-state index in [2.05, 4.69) is 28.1 Å². The highest BCUT2D eigenvalue weighted by molar-refractivity contribution is 5.58. The summed E-state index contributed by atoms with van der Waals surface area (Å²) in [5, 5.41) is 27.3. The molecular weight excluding hydrogens is 252 g/mol. The molecule has 1 saturated heterocycles. The van der Waals surface area contributed by atoms with E-state index in [1.807, 2.05) is 6.92 Å². The van der Waals surface area contributed by atoms with E-state index in [-0.39, 0.29) is 6.61 Å². The molecule has 0 bridgehead atoms. The molecule has 0 spiro atoms. The SMILES string of the molecule is CCc1nnc(N2CCC(CO)CC2)c(C#N)c1CC. The summed E-state index contributed by atoms with van der Waals surface area (Å²) in [4.78, 5) is 2.14. The summed E-state index contributed by atoms with van der Waals surface area (Å²) in [6.45, 7) is 6.02. The molecule has 0 atom stereocenters. The second-order valence-corrected chi connectivity index (χ2v) is 5.26. The quantitative estimate of drug-likeness (QED) is 0.904. The molecule has 0 amide bonds. The molecule has 108 valence electrons. The third-order valence-electron chi connectivity index (χ3n) is 4.11. The maximum atomic E-state index is 9.49. The molecule has 2 rings (SSSR count). The molecule has 0 aromatic carbocycles. The third-order valence-corrected chi connectivity index (χ3v) is 4.11. The van der Waals surface area contributed by atoms with Crippen LogP contribution in [0.3, 0.4) is 0 Å². The predicted octanol–water partition coefficient (Wildman–Crippen LogP) is 1.68. The Kier molecular flexibility index (Phi) is 4.91. The Hall–Kier alpha value is -1.67. The van der Waals surface area contributed by atoms with Gasteiger partial charge in [0.1, 0.15) is 11.6 Å². The summed E-state index contributed by atoms with van der Waals surface area (Å²) < 4.78 is 0. The Morgan fingerprint density at radius 3 is 2.45 bits per heavy atom. The predicted molar refractivity (Wildman–Crippen MR) is 77.5 cm³/mol. The van der Waals surface area contributed by atoms with Crippen molar-refractivity contribution in [3.8, 4) is 6.07 Å². The van der Waals surface area contributed by atoms with Crippen LogP contribution < -0.4 is 4.90 Å². The van der Waals surface area contributed by atoms with Gasteiger partial charge >= 0.3 is 0 Å². The third kappa shape index (κ3) is 2.75. The first-order chi connectivity index (χ1) is 9.74. The molecule has 20 heavy (non-hydrogen) atoms. The maximum absolute atomic E-state index is 9.49. The van der Waals surface area contributed by atoms with Crippen molar-refractivity contribution in [1.29, 1.82) is 5.26 Å². The molecule has 0 aliphatic carbocycles. The van der Waals surface area contributed by atoms with Crippen LogP contribution in [0.4, 0.5) is 5.82 Å². The maximum Gasteiger partial charge on any atom is 0.169 e. The number of rotatable bonds is 4. The number of aliphatic hydroxyl groups excluding tert-OH is 1. The first-order valence-electron chi connectivity index (χ1n) is 7.39. The van der Waals surface area contributed by atoms with Gasteiger partial charge in [0.2, 0.25) is 0 Å². The van der Waals surface area contributed by atoms with Gasteiger partial charge in [0.15, 0.2) is 5.82 Å². The highest BCUT2D eigenvalue weighted by atomic mass is 16.3. The van der Waals surface area contributed by atoms with E-state index in [0.717, 1.165) is 55.8 Å². The van der Waals surface area contributed by atoms with Gasteiger partial charge in [0.25, 0.3) is 0 Å².